The molecule has 0 aromatic carbocycles. The van der Waals surface area contributed by atoms with Gasteiger partial charge in [0, 0.05) is 13.0 Å². The number of rotatable bonds is 3. The third kappa shape index (κ3) is 2.99. The molecule has 0 atom stereocenters. The molecule has 0 aliphatic heterocycles. The number of nitrogen functional groups attached to an aromatic ring is 1. The number of aryl methyl sites for hydroxylation is 1. The summed E-state index contributed by atoms with van der Waals surface area (Å²) in [5.74, 6) is 0.781. The number of nitrogens with zero attached hydrogens (tertiary/aromatic N) is 3. The van der Waals surface area contributed by atoms with Gasteiger partial charge in [-0.15, -0.1) is 0 Å². The van der Waals surface area contributed by atoms with Crippen molar-refractivity contribution in [3.05, 3.63) is 17.7 Å². The molecule has 0 unspecified atom stereocenters. The van der Waals surface area contributed by atoms with E-state index in [0.717, 1.165) is 24.5 Å². The predicted octanol–water partition coefficient (Wildman–Crippen LogP) is 0.471. The molecule has 2 N–H and O–H groups in total. The molecule has 1 heterocycles. The Morgan fingerprint density at radius 2 is 2.15 bits per heavy atom. The lowest BCUT2D eigenvalue weighted by atomic mass is 10.2. The van der Waals surface area contributed by atoms with Crippen molar-refractivity contribution in [2.24, 2.45) is 0 Å². The molecule has 0 aliphatic carbocycles. The van der Waals surface area contributed by atoms with Crippen molar-refractivity contribution < 1.29 is 0 Å². The molecule has 0 saturated heterocycles. The Morgan fingerprint density at radius 1 is 1.46 bits per heavy atom. The van der Waals surface area contributed by atoms with Crippen LogP contribution >= 0.6 is 0 Å². The van der Waals surface area contributed by atoms with Crippen LogP contribution in [0.25, 0.3) is 0 Å². The molecule has 1 aromatic heterocycles. The minimum Gasteiger partial charge on any atom is -0.396 e. The SMILES string of the molecule is Cc1ncc(N)c(CCN(C)C)n1. The van der Waals surface area contributed by atoms with Crippen LogP contribution in [0.4, 0.5) is 5.69 Å². The Hall–Kier alpha value is -1.16. The number of hydrogen-bond acceptors (Lipinski definition) is 4. The van der Waals surface area contributed by atoms with Gasteiger partial charge >= 0.3 is 0 Å². The minimum atomic E-state index is 0.687. The van der Waals surface area contributed by atoms with Crippen molar-refractivity contribution >= 4 is 5.69 Å². The van der Waals surface area contributed by atoms with Gasteiger partial charge < -0.3 is 10.6 Å². The summed E-state index contributed by atoms with van der Waals surface area (Å²) in [6.45, 7) is 2.83. The fourth-order valence-electron chi connectivity index (χ4n) is 1.06. The Kier molecular flexibility index (Phi) is 3.19. The summed E-state index contributed by atoms with van der Waals surface area (Å²) in [5.41, 5.74) is 7.37. The minimum absolute atomic E-state index is 0.687. The molecule has 0 spiro atoms. The molecule has 4 nitrogen and oxygen atoms in total. The van der Waals surface area contributed by atoms with Crippen LogP contribution in [0.3, 0.4) is 0 Å². The highest BCUT2D eigenvalue weighted by atomic mass is 15.1. The highest BCUT2D eigenvalue weighted by Gasteiger charge is 2.02. The molecular weight excluding hydrogens is 164 g/mol. The van der Waals surface area contributed by atoms with Gasteiger partial charge in [-0.05, 0) is 21.0 Å². The monoisotopic (exact) mass is 180 g/mol. The van der Waals surface area contributed by atoms with Gasteiger partial charge in [0.1, 0.15) is 5.82 Å². The number of hydrogen-bond donors (Lipinski definition) is 1. The summed E-state index contributed by atoms with van der Waals surface area (Å²) in [6.07, 6.45) is 2.55. The second-order valence-electron chi connectivity index (χ2n) is 3.37. The van der Waals surface area contributed by atoms with Crippen LogP contribution in [-0.2, 0) is 6.42 Å². The van der Waals surface area contributed by atoms with Crippen LogP contribution in [-0.4, -0.2) is 35.5 Å². The molecule has 4 heteroatoms. The lowest BCUT2D eigenvalue weighted by Crippen LogP contribution is -2.16. The van der Waals surface area contributed by atoms with Crippen LogP contribution in [0.1, 0.15) is 11.5 Å². The summed E-state index contributed by atoms with van der Waals surface area (Å²) in [6, 6.07) is 0. The largest absolute Gasteiger partial charge is 0.396 e. The summed E-state index contributed by atoms with van der Waals surface area (Å²) < 4.78 is 0. The zero-order chi connectivity index (χ0) is 9.84. The fourth-order valence-corrected chi connectivity index (χ4v) is 1.06. The van der Waals surface area contributed by atoms with E-state index in [9.17, 15) is 0 Å². The molecule has 1 aromatic rings. The lowest BCUT2D eigenvalue weighted by molar-refractivity contribution is 0.412. The first-order valence-electron chi connectivity index (χ1n) is 4.32. The van der Waals surface area contributed by atoms with Gasteiger partial charge in [-0.1, -0.05) is 0 Å². The number of aromatic nitrogens is 2. The highest BCUT2D eigenvalue weighted by Crippen LogP contribution is 2.07. The number of likely N-dealkylation sites (N-methyl/N-ethyl adjacent to an activating group) is 1. The van der Waals surface area contributed by atoms with Crippen LogP contribution in [0.5, 0.6) is 0 Å². The van der Waals surface area contributed by atoms with Crippen molar-refractivity contribution in [2.75, 3.05) is 26.4 Å². The molecule has 0 radical (unpaired) electrons. The van der Waals surface area contributed by atoms with E-state index < -0.39 is 0 Å². The van der Waals surface area contributed by atoms with Gasteiger partial charge in [0.2, 0.25) is 0 Å². The summed E-state index contributed by atoms with van der Waals surface area (Å²) in [5, 5.41) is 0. The van der Waals surface area contributed by atoms with E-state index in [-0.39, 0.29) is 0 Å². The molecule has 0 aliphatic rings. The molecule has 0 bridgehead atoms. The van der Waals surface area contributed by atoms with Gasteiger partial charge in [-0.3, -0.25) is 0 Å². The zero-order valence-corrected chi connectivity index (χ0v) is 8.41. The average Bonchev–Trinajstić information content (AvgIpc) is 2.06. The van der Waals surface area contributed by atoms with Gasteiger partial charge in [-0.25, -0.2) is 9.97 Å². The Balaban J connectivity index is 2.70. The molecule has 0 amide bonds. The third-order valence-corrected chi connectivity index (χ3v) is 1.82. The quantitative estimate of drug-likeness (QED) is 0.734. The van der Waals surface area contributed by atoms with Gasteiger partial charge in [0.15, 0.2) is 0 Å². The van der Waals surface area contributed by atoms with Crippen LogP contribution in [0.2, 0.25) is 0 Å². The second-order valence-corrected chi connectivity index (χ2v) is 3.37. The maximum Gasteiger partial charge on any atom is 0.125 e. The predicted molar refractivity (Wildman–Crippen MR) is 53.4 cm³/mol. The van der Waals surface area contributed by atoms with E-state index in [0.29, 0.717) is 5.69 Å². The van der Waals surface area contributed by atoms with Crippen molar-refractivity contribution in [1.82, 2.24) is 14.9 Å². The maximum absolute atomic E-state index is 5.73. The summed E-state index contributed by atoms with van der Waals surface area (Å²) in [4.78, 5) is 10.4. The lowest BCUT2D eigenvalue weighted by Gasteiger charge is -2.10. The van der Waals surface area contributed by atoms with Gasteiger partial charge in [0.25, 0.3) is 0 Å². The van der Waals surface area contributed by atoms with Crippen LogP contribution in [0.15, 0.2) is 6.20 Å². The Bertz CT molecular complexity index is 283. The first kappa shape index (κ1) is 9.92. The van der Waals surface area contributed by atoms with E-state index in [1.54, 1.807) is 6.20 Å². The molecule has 13 heavy (non-hydrogen) atoms. The van der Waals surface area contributed by atoms with E-state index in [1.807, 2.05) is 21.0 Å². The van der Waals surface area contributed by atoms with Crippen molar-refractivity contribution in [2.45, 2.75) is 13.3 Å². The van der Waals surface area contributed by atoms with E-state index >= 15 is 0 Å². The Morgan fingerprint density at radius 3 is 2.77 bits per heavy atom. The Labute approximate surface area is 78.8 Å². The van der Waals surface area contributed by atoms with E-state index in [1.165, 1.54) is 0 Å². The average molecular weight is 180 g/mol. The number of nitrogens with two attached hydrogens (primary N) is 1. The van der Waals surface area contributed by atoms with E-state index in [4.69, 9.17) is 5.73 Å². The van der Waals surface area contributed by atoms with Gasteiger partial charge in [-0.2, -0.15) is 0 Å². The standard InChI is InChI=1S/C9H16N4/c1-7-11-6-8(10)9(12-7)4-5-13(2)3/h6H,4-5,10H2,1-3H3. The topological polar surface area (TPSA) is 55.0 Å². The number of anilines is 1. The maximum atomic E-state index is 5.73. The summed E-state index contributed by atoms with van der Waals surface area (Å²) in [7, 11) is 4.06. The molecule has 1 rings (SSSR count). The molecule has 72 valence electrons. The van der Waals surface area contributed by atoms with Crippen molar-refractivity contribution in [3.8, 4) is 0 Å². The fraction of sp³-hybridized carbons (Fsp3) is 0.556. The highest BCUT2D eigenvalue weighted by molar-refractivity contribution is 5.40. The molecule has 0 fully saturated rings. The molecule has 0 saturated carbocycles. The van der Waals surface area contributed by atoms with Gasteiger partial charge in [0.05, 0.1) is 17.6 Å². The first-order valence-corrected chi connectivity index (χ1v) is 4.32. The van der Waals surface area contributed by atoms with Crippen LogP contribution in [0, 0.1) is 6.92 Å². The van der Waals surface area contributed by atoms with Crippen LogP contribution < -0.4 is 5.73 Å². The van der Waals surface area contributed by atoms with Crippen molar-refractivity contribution in [3.63, 3.8) is 0 Å². The second kappa shape index (κ2) is 4.18. The van der Waals surface area contributed by atoms with Crippen molar-refractivity contribution in [1.29, 1.82) is 0 Å². The third-order valence-electron chi connectivity index (χ3n) is 1.82. The first-order chi connectivity index (χ1) is 6.09. The molecular formula is C9H16N4. The van der Waals surface area contributed by atoms with E-state index in [2.05, 4.69) is 14.9 Å². The zero-order valence-electron chi connectivity index (χ0n) is 8.41. The smallest absolute Gasteiger partial charge is 0.125 e. The summed E-state index contributed by atoms with van der Waals surface area (Å²) >= 11 is 0. The normalized spacial score (nSPS) is 10.8.